The molecule has 19 heavy (non-hydrogen) atoms. The molecule has 98 valence electrons. The van der Waals surface area contributed by atoms with Gasteiger partial charge in [0, 0.05) is 5.69 Å². The molecule has 0 saturated heterocycles. The highest BCUT2D eigenvalue weighted by molar-refractivity contribution is 5.88. The molecule has 1 atom stereocenters. The summed E-state index contributed by atoms with van der Waals surface area (Å²) in [7, 11) is 0. The van der Waals surface area contributed by atoms with Crippen LogP contribution in [0.3, 0.4) is 0 Å². The van der Waals surface area contributed by atoms with Crippen LogP contribution in [0.25, 0.3) is 0 Å². The van der Waals surface area contributed by atoms with Gasteiger partial charge in [0.2, 0.25) is 5.91 Å². The van der Waals surface area contributed by atoms with Crippen molar-refractivity contribution in [2.45, 2.75) is 12.5 Å². The van der Waals surface area contributed by atoms with Crippen molar-refractivity contribution in [1.29, 1.82) is 0 Å². The van der Waals surface area contributed by atoms with Gasteiger partial charge in [0.1, 0.15) is 11.4 Å². The first-order chi connectivity index (χ1) is 9.02. The molecule has 3 N–H and O–H groups in total. The normalized spacial score (nSPS) is 13.6. The maximum Gasteiger partial charge on any atom is 0.247 e. The van der Waals surface area contributed by atoms with Crippen molar-refractivity contribution >= 4 is 11.6 Å². The molecule has 4 heteroatoms. The Hall–Kier alpha value is -2.36. The van der Waals surface area contributed by atoms with Gasteiger partial charge in [-0.2, -0.15) is 0 Å². The number of benzene rings is 2. The molecule has 0 bridgehead atoms. The lowest BCUT2D eigenvalue weighted by atomic mass is 9.90. The van der Waals surface area contributed by atoms with E-state index in [0.717, 1.165) is 5.69 Å². The van der Waals surface area contributed by atoms with E-state index >= 15 is 0 Å². The quantitative estimate of drug-likeness (QED) is 0.885. The largest absolute Gasteiger partial charge is 0.368 e. The van der Waals surface area contributed by atoms with Crippen LogP contribution in [-0.2, 0) is 10.3 Å². The van der Waals surface area contributed by atoms with Crippen molar-refractivity contribution in [2.75, 3.05) is 5.32 Å². The number of rotatable bonds is 4. The fraction of sp³-hybridized carbons (Fsp3) is 0.133. The number of hydrogen-bond acceptors (Lipinski definition) is 2. The van der Waals surface area contributed by atoms with Gasteiger partial charge in [-0.1, -0.05) is 30.3 Å². The Kier molecular flexibility index (Phi) is 3.51. The highest BCUT2D eigenvalue weighted by Crippen LogP contribution is 2.26. The summed E-state index contributed by atoms with van der Waals surface area (Å²) >= 11 is 0. The van der Waals surface area contributed by atoms with E-state index in [2.05, 4.69) is 5.32 Å². The zero-order valence-corrected chi connectivity index (χ0v) is 10.6. The third-order valence-corrected chi connectivity index (χ3v) is 3.06. The predicted molar refractivity (Wildman–Crippen MR) is 73.0 cm³/mol. The third-order valence-electron chi connectivity index (χ3n) is 3.06. The number of nitrogens with two attached hydrogens (primary N) is 1. The van der Waals surface area contributed by atoms with Crippen LogP contribution in [0.15, 0.2) is 54.6 Å². The van der Waals surface area contributed by atoms with Crippen molar-refractivity contribution in [3.63, 3.8) is 0 Å². The van der Waals surface area contributed by atoms with Crippen LogP contribution >= 0.6 is 0 Å². The number of carbonyl (C=O) groups is 1. The molecule has 0 aliphatic rings. The first-order valence-electron chi connectivity index (χ1n) is 5.91. The zero-order chi connectivity index (χ0) is 13.9. The second-order valence-electron chi connectivity index (χ2n) is 4.49. The van der Waals surface area contributed by atoms with E-state index in [1.165, 1.54) is 12.1 Å². The molecule has 0 aliphatic carbocycles. The second kappa shape index (κ2) is 5.10. The smallest absolute Gasteiger partial charge is 0.247 e. The van der Waals surface area contributed by atoms with Crippen LogP contribution in [0.4, 0.5) is 10.1 Å². The lowest BCUT2D eigenvalue weighted by Crippen LogP contribution is -2.45. The molecule has 0 saturated carbocycles. The average molecular weight is 258 g/mol. The van der Waals surface area contributed by atoms with Crippen molar-refractivity contribution in [3.8, 4) is 0 Å². The fourth-order valence-electron chi connectivity index (χ4n) is 1.89. The summed E-state index contributed by atoms with van der Waals surface area (Å²) in [6.07, 6.45) is 0. The molecule has 2 rings (SSSR count). The maximum atomic E-state index is 13.3. The third kappa shape index (κ3) is 2.73. The van der Waals surface area contributed by atoms with E-state index in [9.17, 15) is 9.18 Å². The molecule has 0 spiro atoms. The van der Waals surface area contributed by atoms with Gasteiger partial charge >= 0.3 is 0 Å². The van der Waals surface area contributed by atoms with Crippen LogP contribution in [-0.4, -0.2) is 5.91 Å². The Morgan fingerprint density at radius 3 is 2.42 bits per heavy atom. The Morgan fingerprint density at radius 2 is 1.84 bits per heavy atom. The molecular formula is C15H15FN2O. The van der Waals surface area contributed by atoms with Gasteiger partial charge < -0.3 is 11.1 Å². The van der Waals surface area contributed by atoms with E-state index in [1.54, 1.807) is 19.1 Å². The van der Waals surface area contributed by atoms with E-state index in [0.29, 0.717) is 5.56 Å². The number of halogens is 1. The number of para-hydroxylation sites is 1. The van der Waals surface area contributed by atoms with Gasteiger partial charge in [-0.15, -0.1) is 0 Å². The maximum absolute atomic E-state index is 13.3. The van der Waals surface area contributed by atoms with Gasteiger partial charge in [-0.3, -0.25) is 4.79 Å². The van der Waals surface area contributed by atoms with E-state index in [4.69, 9.17) is 5.73 Å². The van der Waals surface area contributed by atoms with Gasteiger partial charge in [-0.25, -0.2) is 4.39 Å². The Bertz CT molecular complexity index is 586. The highest BCUT2D eigenvalue weighted by atomic mass is 19.1. The fourth-order valence-corrected chi connectivity index (χ4v) is 1.89. The van der Waals surface area contributed by atoms with Crippen molar-refractivity contribution in [1.82, 2.24) is 0 Å². The van der Waals surface area contributed by atoms with Crippen LogP contribution in [0.5, 0.6) is 0 Å². The number of anilines is 1. The summed E-state index contributed by atoms with van der Waals surface area (Å²) in [6, 6.07) is 15.1. The topological polar surface area (TPSA) is 55.1 Å². The highest BCUT2D eigenvalue weighted by Gasteiger charge is 2.33. The molecule has 0 radical (unpaired) electrons. The number of carbonyl (C=O) groups excluding carboxylic acids is 1. The molecule has 0 aromatic heterocycles. The molecule has 2 aromatic carbocycles. The van der Waals surface area contributed by atoms with Crippen LogP contribution in [0.2, 0.25) is 0 Å². The SMILES string of the molecule is CC(Nc1ccccc1)(C(N)=O)c1cccc(F)c1. The van der Waals surface area contributed by atoms with E-state index in [-0.39, 0.29) is 0 Å². The minimum absolute atomic E-state index is 0.403. The van der Waals surface area contributed by atoms with Crippen molar-refractivity contribution in [2.24, 2.45) is 5.73 Å². The molecule has 1 amide bonds. The van der Waals surface area contributed by atoms with Crippen molar-refractivity contribution in [3.05, 3.63) is 66.0 Å². The molecule has 0 fully saturated rings. The molecule has 1 unspecified atom stereocenters. The first-order valence-corrected chi connectivity index (χ1v) is 5.91. The Balaban J connectivity index is 2.41. The van der Waals surface area contributed by atoms with Crippen LogP contribution in [0, 0.1) is 5.82 Å². The molecule has 0 heterocycles. The number of primary amides is 1. The van der Waals surface area contributed by atoms with Crippen molar-refractivity contribution < 1.29 is 9.18 Å². The number of hydrogen-bond donors (Lipinski definition) is 2. The minimum atomic E-state index is -1.16. The molecular weight excluding hydrogens is 243 g/mol. The summed E-state index contributed by atoms with van der Waals surface area (Å²) in [6.45, 7) is 1.64. The monoisotopic (exact) mass is 258 g/mol. The lowest BCUT2D eigenvalue weighted by molar-refractivity contribution is -0.122. The summed E-state index contributed by atoms with van der Waals surface area (Å²) in [4.78, 5) is 11.8. The van der Waals surface area contributed by atoms with Gasteiger partial charge in [-0.05, 0) is 36.8 Å². The lowest BCUT2D eigenvalue weighted by Gasteiger charge is -2.29. The average Bonchev–Trinajstić information content (AvgIpc) is 2.39. The predicted octanol–water partition coefficient (Wildman–Crippen LogP) is 2.64. The second-order valence-corrected chi connectivity index (χ2v) is 4.49. The minimum Gasteiger partial charge on any atom is -0.368 e. The first kappa shape index (κ1) is 13.1. The number of nitrogens with one attached hydrogen (secondary N) is 1. The van der Waals surface area contributed by atoms with Gasteiger partial charge in [0.15, 0.2) is 0 Å². The Labute approximate surface area is 111 Å². The summed E-state index contributed by atoms with van der Waals surface area (Å²) in [5.41, 5.74) is 5.55. The number of amides is 1. The molecule has 3 nitrogen and oxygen atoms in total. The summed E-state index contributed by atoms with van der Waals surface area (Å²) in [5.74, 6) is -0.971. The van der Waals surface area contributed by atoms with Gasteiger partial charge in [0.25, 0.3) is 0 Å². The summed E-state index contributed by atoms with van der Waals surface area (Å²) in [5, 5.41) is 3.06. The van der Waals surface area contributed by atoms with E-state index < -0.39 is 17.3 Å². The zero-order valence-electron chi connectivity index (χ0n) is 10.6. The van der Waals surface area contributed by atoms with E-state index in [1.807, 2.05) is 30.3 Å². The standard InChI is InChI=1S/C15H15FN2O/c1-15(14(17)19,11-6-5-7-12(16)10-11)18-13-8-3-2-4-9-13/h2-10,18H,1H3,(H2,17,19). The molecule has 0 aliphatic heterocycles. The summed E-state index contributed by atoms with van der Waals surface area (Å²) < 4.78 is 13.3. The van der Waals surface area contributed by atoms with Crippen LogP contribution in [0.1, 0.15) is 12.5 Å². The van der Waals surface area contributed by atoms with Crippen LogP contribution < -0.4 is 11.1 Å². The molecule has 2 aromatic rings. The van der Waals surface area contributed by atoms with Gasteiger partial charge in [0.05, 0.1) is 0 Å². The Morgan fingerprint density at radius 1 is 1.16 bits per heavy atom.